The zero-order valence-electron chi connectivity index (χ0n) is 15.4. The molecule has 134 valence electrons. The Morgan fingerprint density at radius 1 is 1.12 bits per heavy atom. The predicted octanol–water partition coefficient (Wildman–Crippen LogP) is 3.87. The minimum absolute atomic E-state index is 0.0700. The number of carbonyl (C=O) groups is 1. The monoisotopic (exact) mass is 347 g/mol. The molecule has 4 nitrogen and oxygen atoms in total. The van der Waals surface area contributed by atoms with Gasteiger partial charge in [-0.3, -0.25) is 4.79 Å². The molecule has 0 saturated carbocycles. The van der Waals surface area contributed by atoms with Crippen LogP contribution < -0.4 is 0 Å². The molecule has 0 radical (unpaired) electrons. The molecule has 4 heteroatoms. The average Bonchev–Trinajstić information content (AvgIpc) is 3.19. The van der Waals surface area contributed by atoms with E-state index in [9.17, 15) is 4.79 Å². The minimum atomic E-state index is 0.0700. The number of benzene rings is 2. The van der Waals surface area contributed by atoms with Crippen LogP contribution in [0, 0.1) is 6.92 Å². The van der Waals surface area contributed by atoms with Gasteiger partial charge in [-0.2, -0.15) is 0 Å². The second kappa shape index (κ2) is 8.48. The van der Waals surface area contributed by atoms with E-state index in [4.69, 9.17) is 0 Å². The van der Waals surface area contributed by atoms with Crippen LogP contribution in [0.4, 0.5) is 0 Å². The summed E-state index contributed by atoms with van der Waals surface area (Å²) in [6.45, 7) is 3.53. The van der Waals surface area contributed by atoms with E-state index in [1.807, 2.05) is 53.0 Å². The van der Waals surface area contributed by atoms with Gasteiger partial charge in [0.1, 0.15) is 0 Å². The first-order chi connectivity index (χ1) is 12.6. The van der Waals surface area contributed by atoms with Crippen LogP contribution in [0.25, 0.3) is 0 Å². The third-order valence-electron chi connectivity index (χ3n) is 4.82. The van der Waals surface area contributed by atoms with E-state index in [0.717, 1.165) is 6.54 Å². The standard InChI is InChI=1S/C22H25N3O/c1-18-8-6-7-11-20(18)21(19-9-4-3-5-10-19)16-22(26)24(2)14-15-25-13-12-23-17-25/h3-13,17,21H,14-16H2,1-2H3. The lowest BCUT2D eigenvalue weighted by atomic mass is 9.86. The van der Waals surface area contributed by atoms with Crippen molar-refractivity contribution in [3.8, 4) is 0 Å². The highest BCUT2D eigenvalue weighted by Crippen LogP contribution is 2.30. The molecular weight excluding hydrogens is 322 g/mol. The van der Waals surface area contributed by atoms with Crippen molar-refractivity contribution in [1.82, 2.24) is 14.5 Å². The number of carbonyl (C=O) groups excluding carboxylic acids is 1. The zero-order chi connectivity index (χ0) is 18.4. The summed E-state index contributed by atoms with van der Waals surface area (Å²) in [4.78, 5) is 18.7. The van der Waals surface area contributed by atoms with Gasteiger partial charge < -0.3 is 9.47 Å². The summed E-state index contributed by atoms with van der Waals surface area (Å²) in [5, 5.41) is 0. The Hall–Kier alpha value is -2.88. The lowest BCUT2D eigenvalue weighted by Crippen LogP contribution is -2.31. The Kier molecular flexibility index (Phi) is 5.84. The van der Waals surface area contributed by atoms with Crippen LogP contribution in [0.3, 0.4) is 0 Å². The van der Waals surface area contributed by atoms with Crippen molar-refractivity contribution in [2.45, 2.75) is 25.8 Å². The predicted molar refractivity (Wildman–Crippen MR) is 104 cm³/mol. The van der Waals surface area contributed by atoms with Gasteiger partial charge in [0.2, 0.25) is 5.91 Å². The fraction of sp³-hybridized carbons (Fsp3) is 0.273. The zero-order valence-corrected chi connectivity index (χ0v) is 15.4. The molecule has 1 aromatic heterocycles. The first-order valence-corrected chi connectivity index (χ1v) is 8.95. The van der Waals surface area contributed by atoms with Crippen molar-refractivity contribution in [1.29, 1.82) is 0 Å². The molecule has 0 aliphatic heterocycles. The Morgan fingerprint density at radius 3 is 2.54 bits per heavy atom. The summed E-state index contributed by atoms with van der Waals surface area (Å²) in [5.41, 5.74) is 3.61. The second-order valence-electron chi connectivity index (χ2n) is 6.64. The molecule has 0 N–H and O–H groups in total. The number of hydrogen-bond donors (Lipinski definition) is 0. The van der Waals surface area contributed by atoms with Gasteiger partial charge in [0, 0.05) is 44.9 Å². The van der Waals surface area contributed by atoms with Crippen molar-refractivity contribution in [3.63, 3.8) is 0 Å². The van der Waals surface area contributed by atoms with Gasteiger partial charge in [-0.05, 0) is 23.6 Å². The highest BCUT2D eigenvalue weighted by molar-refractivity contribution is 5.77. The van der Waals surface area contributed by atoms with Crippen LogP contribution in [0.2, 0.25) is 0 Å². The van der Waals surface area contributed by atoms with E-state index < -0.39 is 0 Å². The lowest BCUT2D eigenvalue weighted by Gasteiger charge is -2.23. The van der Waals surface area contributed by atoms with Crippen LogP contribution in [0.5, 0.6) is 0 Å². The van der Waals surface area contributed by atoms with Gasteiger partial charge in [0.15, 0.2) is 0 Å². The molecule has 26 heavy (non-hydrogen) atoms. The maximum absolute atomic E-state index is 12.9. The van der Waals surface area contributed by atoms with Gasteiger partial charge in [-0.1, -0.05) is 54.6 Å². The van der Waals surface area contributed by atoms with Gasteiger partial charge >= 0.3 is 0 Å². The third-order valence-corrected chi connectivity index (χ3v) is 4.82. The van der Waals surface area contributed by atoms with Gasteiger partial charge in [0.25, 0.3) is 0 Å². The third kappa shape index (κ3) is 4.39. The van der Waals surface area contributed by atoms with Crippen molar-refractivity contribution in [3.05, 3.63) is 90.0 Å². The SMILES string of the molecule is Cc1ccccc1C(CC(=O)N(C)CCn1ccnc1)c1ccccc1. The van der Waals surface area contributed by atoms with Crippen LogP contribution >= 0.6 is 0 Å². The molecule has 3 rings (SSSR count). The second-order valence-corrected chi connectivity index (χ2v) is 6.64. The summed E-state index contributed by atoms with van der Waals surface area (Å²) in [5.74, 6) is 0.225. The molecule has 2 aromatic carbocycles. The summed E-state index contributed by atoms with van der Waals surface area (Å²) < 4.78 is 1.99. The molecule has 1 atom stereocenters. The van der Waals surface area contributed by atoms with Crippen LogP contribution in [0.15, 0.2) is 73.3 Å². The number of hydrogen-bond acceptors (Lipinski definition) is 2. The number of imidazole rings is 1. The van der Waals surface area contributed by atoms with Gasteiger partial charge in [-0.25, -0.2) is 4.98 Å². The number of amides is 1. The van der Waals surface area contributed by atoms with Crippen molar-refractivity contribution in [2.75, 3.05) is 13.6 Å². The molecule has 0 fully saturated rings. The maximum atomic E-state index is 12.9. The van der Waals surface area contributed by atoms with Gasteiger partial charge in [0.05, 0.1) is 6.33 Å². The van der Waals surface area contributed by atoms with Crippen molar-refractivity contribution >= 4 is 5.91 Å². The first kappa shape index (κ1) is 17.9. The Morgan fingerprint density at radius 2 is 1.85 bits per heavy atom. The fourth-order valence-electron chi connectivity index (χ4n) is 3.21. The highest BCUT2D eigenvalue weighted by atomic mass is 16.2. The van der Waals surface area contributed by atoms with Gasteiger partial charge in [-0.15, -0.1) is 0 Å². The molecule has 0 aliphatic rings. The molecule has 0 spiro atoms. The first-order valence-electron chi connectivity index (χ1n) is 8.95. The summed E-state index contributed by atoms with van der Waals surface area (Å²) in [6, 6.07) is 18.6. The van der Waals surface area contributed by atoms with E-state index in [1.54, 1.807) is 12.5 Å². The molecule has 0 bridgehead atoms. The number of rotatable bonds is 7. The number of nitrogens with zero attached hydrogens (tertiary/aromatic N) is 3. The summed E-state index contributed by atoms with van der Waals surface area (Å²) >= 11 is 0. The Balaban J connectivity index is 1.75. The topological polar surface area (TPSA) is 38.1 Å². The molecule has 3 aromatic rings. The van der Waals surface area contributed by atoms with E-state index in [1.165, 1.54) is 16.7 Å². The fourth-order valence-corrected chi connectivity index (χ4v) is 3.21. The molecular formula is C22H25N3O. The Bertz CT molecular complexity index is 828. The number of aryl methyl sites for hydroxylation is 1. The number of likely N-dealkylation sites (N-methyl/N-ethyl adjacent to an activating group) is 1. The molecule has 1 heterocycles. The molecule has 1 amide bonds. The molecule has 0 saturated heterocycles. The van der Waals surface area contributed by atoms with Crippen molar-refractivity contribution in [2.24, 2.45) is 0 Å². The van der Waals surface area contributed by atoms with Crippen LogP contribution in [-0.2, 0) is 11.3 Å². The molecule has 1 unspecified atom stereocenters. The molecule has 0 aliphatic carbocycles. The smallest absolute Gasteiger partial charge is 0.223 e. The Labute approximate surface area is 155 Å². The largest absolute Gasteiger partial charge is 0.344 e. The van der Waals surface area contributed by atoms with E-state index in [2.05, 4.69) is 36.2 Å². The normalized spacial score (nSPS) is 11.9. The maximum Gasteiger partial charge on any atom is 0.223 e. The number of aromatic nitrogens is 2. The van der Waals surface area contributed by atoms with Crippen LogP contribution in [-0.4, -0.2) is 34.0 Å². The van der Waals surface area contributed by atoms with Crippen molar-refractivity contribution < 1.29 is 4.79 Å². The minimum Gasteiger partial charge on any atom is -0.344 e. The average molecular weight is 347 g/mol. The quantitative estimate of drug-likeness (QED) is 0.651. The lowest BCUT2D eigenvalue weighted by molar-refractivity contribution is -0.130. The summed E-state index contributed by atoms with van der Waals surface area (Å²) in [7, 11) is 1.87. The van der Waals surface area contributed by atoms with E-state index in [-0.39, 0.29) is 11.8 Å². The van der Waals surface area contributed by atoms with E-state index >= 15 is 0 Å². The van der Waals surface area contributed by atoms with E-state index in [0.29, 0.717) is 13.0 Å². The van der Waals surface area contributed by atoms with Crippen LogP contribution in [0.1, 0.15) is 29.0 Å². The summed E-state index contributed by atoms with van der Waals surface area (Å²) in [6.07, 6.45) is 5.91. The highest BCUT2D eigenvalue weighted by Gasteiger charge is 2.21.